The van der Waals surface area contributed by atoms with Gasteiger partial charge in [-0.15, -0.1) is 0 Å². The molecule has 1 aliphatic rings. The van der Waals surface area contributed by atoms with Crippen LogP contribution in [0, 0.1) is 11.6 Å². The number of carbonyl (C=O) groups excluding carboxylic acids is 1. The molecule has 2 amide bonds. The van der Waals surface area contributed by atoms with Crippen molar-refractivity contribution in [2.45, 2.75) is 37.8 Å². The lowest BCUT2D eigenvalue weighted by Crippen LogP contribution is -2.52. The number of nitrogens with one attached hydrogen (secondary N) is 1. The molecule has 2 rings (SSSR count). The summed E-state index contributed by atoms with van der Waals surface area (Å²) >= 11 is 0. The summed E-state index contributed by atoms with van der Waals surface area (Å²) in [5.41, 5.74) is -1.94. The first-order valence-electron chi connectivity index (χ1n) is 7.24. The van der Waals surface area contributed by atoms with Gasteiger partial charge in [0.1, 0.15) is 17.2 Å². The first-order chi connectivity index (χ1) is 10.7. The topological polar surface area (TPSA) is 52.6 Å². The minimum absolute atomic E-state index is 0.0225. The van der Waals surface area contributed by atoms with Crippen molar-refractivity contribution in [3.8, 4) is 0 Å². The SMILES string of the molecule is C[C@H](NC(=O)N1CCC(O)(C(F)F)CC1)c1ccc(F)cc1F. The van der Waals surface area contributed by atoms with Crippen LogP contribution in [0.25, 0.3) is 0 Å². The summed E-state index contributed by atoms with van der Waals surface area (Å²) in [6.07, 6.45) is -3.31. The normalized spacial score (nSPS) is 18.8. The number of nitrogens with zero attached hydrogens (tertiary/aromatic N) is 1. The van der Waals surface area contributed by atoms with Crippen LogP contribution in [0.4, 0.5) is 22.4 Å². The van der Waals surface area contributed by atoms with Gasteiger partial charge in [0.05, 0.1) is 6.04 Å². The van der Waals surface area contributed by atoms with Crippen molar-refractivity contribution in [3.05, 3.63) is 35.4 Å². The maximum Gasteiger partial charge on any atom is 0.317 e. The van der Waals surface area contributed by atoms with E-state index in [9.17, 15) is 27.5 Å². The van der Waals surface area contributed by atoms with Crippen LogP contribution in [0.2, 0.25) is 0 Å². The number of hydrogen-bond donors (Lipinski definition) is 2. The van der Waals surface area contributed by atoms with Gasteiger partial charge in [-0.3, -0.25) is 0 Å². The van der Waals surface area contributed by atoms with Crippen molar-refractivity contribution in [1.29, 1.82) is 0 Å². The molecule has 1 atom stereocenters. The molecule has 0 aliphatic carbocycles. The summed E-state index contributed by atoms with van der Waals surface area (Å²) in [4.78, 5) is 13.4. The third kappa shape index (κ3) is 3.93. The summed E-state index contributed by atoms with van der Waals surface area (Å²) in [5, 5.41) is 12.2. The van der Waals surface area contributed by atoms with Crippen LogP contribution in [0.15, 0.2) is 18.2 Å². The molecule has 1 saturated heterocycles. The third-order valence-corrected chi connectivity index (χ3v) is 4.09. The number of urea groups is 1. The number of halogens is 4. The van der Waals surface area contributed by atoms with Crippen LogP contribution < -0.4 is 5.32 Å². The fourth-order valence-electron chi connectivity index (χ4n) is 2.52. The molecule has 8 heteroatoms. The lowest BCUT2D eigenvalue weighted by Gasteiger charge is -2.37. The highest BCUT2D eigenvalue weighted by atomic mass is 19.3. The molecule has 1 heterocycles. The molecule has 0 aromatic heterocycles. The predicted molar refractivity (Wildman–Crippen MR) is 75.1 cm³/mol. The van der Waals surface area contributed by atoms with Crippen molar-refractivity contribution >= 4 is 6.03 Å². The Morgan fingerprint density at radius 2 is 1.91 bits per heavy atom. The molecule has 23 heavy (non-hydrogen) atoms. The molecule has 1 fully saturated rings. The van der Waals surface area contributed by atoms with E-state index in [4.69, 9.17) is 0 Å². The van der Waals surface area contributed by atoms with Gasteiger partial charge in [-0.25, -0.2) is 22.4 Å². The number of rotatable bonds is 3. The van der Waals surface area contributed by atoms with Crippen molar-refractivity contribution in [3.63, 3.8) is 0 Å². The quantitative estimate of drug-likeness (QED) is 0.835. The van der Waals surface area contributed by atoms with Crippen LogP contribution in [0.1, 0.15) is 31.4 Å². The summed E-state index contributed by atoms with van der Waals surface area (Å²) in [5.74, 6) is -1.49. The number of amides is 2. The smallest absolute Gasteiger partial charge is 0.317 e. The molecule has 1 aliphatic heterocycles. The average molecular weight is 334 g/mol. The number of benzene rings is 1. The van der Waals surface area contributed by atoms with Crippen molar-refractivity contribution in [1.82, 2.24) is 10.2 Å². The van der Waals surface area contributed by atoms with Crippen LogP contribution in [0.5, 0.6) is 0 Å². The second-order valence-corrected chi connectivity index (χ2v) is 5.73. The highest BCUT2D eigenvalue weighted by Crippen LogP contribution is 2.28. The van der Waals surface area contributed by atoms with E-state index in [1.165, 1.54) is 17.9 Å². The summed E-state index contributed by atoms with van der Waals surface area (Å²) in [6, 6.07) is 1.80. The minimum Gasteiger partial charge on any atom is -0.384 e. The van der Waals surface area contributed by atoms with E-state index in [-0.39, 0.29) is 31.5 Å². The van der Waals surface area contributed by atoms with Crippen LogP contribution in [-0.2, 0) is 0 Å². The molecule has 4 nitrogen and oxygen atoms in total. The van der Waals surface area contributed by atoms with Gasteiger partial charge in [0.2, 0.25) is 0 Å². The number of likely N-dealkylation sites (tertiary alicyclic amines) is 1. The zero-order valence-corrected chi connectivity index (χ0v) is 12.5. The maximum atomic E-state index is 13.7. The van der Waals surface area contributed by atoms with E-state index < -0.39 is 35.7 Å². The van der Waals surface area contributed by atoms with Crippen molar-refractivity contribution < 1.29 is 27.5 Å². The second-order valence-electron chi connectivity index (χ2n) is 5.73. The standard InChI is InChI=1S/C15H18F4N2O2/c1-9(11-3-2-10(16)8-12(11)17)20-14(22)21-6-4-15(23,5-7-21)13(18)19/h2-3,8-9,13,23H,4-7H2,1H3,(H,20,22)/t9-/m0/s1. The number of hydrogen-bond acceptors (Lipinski definition) is 2. The minimum atomic E-state index is -2.86. The van der Waals surface area contributed by atoms with E-state index in [1.807, 2.05) is 0 Å². The summed E-state index contributed by atoms with van der Waals surface area (Å²) in [6.45, 7) is 1.49. The summed E-state index contributed by atoms with van der Waals surface area (Å²) in [7, 11) is 0. The first-order valence-corrected chi connectivity index (χ1v) is 7.24. The lowest BCUT2D eigenvalue weighted by molar-refractivity contribution is -0.122. The predicted octanol–water partition coefficient (Wildman–Crippen LogP) is 2.83. The monoisotopic (exact) mass is 334 g/mol. The molecule has 128 valence electrons. The zero-order chi connectivity index (χ0) is 17.2. The fraction of sp³-hybridized carbons (Fsp3) is 0.533. The van der Waals surface area contributed by atoms with E-state index in [0.29, 0.717) is 0 Å². The Balaban J connectivity index is 1.95. The Morgan fingerprint density at radius 1 is 1.30 bits per heavy atom. The Labute approximate surface area is 131 Å². The Kier molecular flexibility index (Phi) is 5.13. The highest BCUT2D eigenvalue weighted by molar-refractivity contribution is 5.74. The maximum absolute atomic E-state index is 13.7. The Morgan fingerprint density at radius 3 is 2.43 bits per heavy atom. The molecule has 0 radical (unpaired) electrons. The van der Waals surface area contributed by atoms with E-state index in [2.05, 4.69) is 5.32 Å². The molecule has 1 aromatic carbocycles. The molecule has 0 spiro atoms. The number of aliphatic hydroxyl groups is 1. The van der Waals surface area contributed by atoms with Crippen LogP contribution in [-0.4, -0.2) is 41.2 Å². The van der Waals surface area contributed by atoms with E-state index in [0.717, 1.165) is 12.1 Å². The van der Waals surface area contributed by atoms with E-state index >= 15 is 0 Å². The van der Waals surface area contributed by atoms with Gasteiger partial charge in [0.25, 0.3) is 6.43 Å². The molecule has 0 saturated carbocycles. The molecule has 0 unspecified atom stereocenters. The van der Waals surface area contributed by atoms with Gasteiger partial charge in [-0.05, 0) is 25.8 Å². The van der Waals surface area contributed by atoms with Gasteiger partial charge < -0.3 is 15.3 Å². The van der Waals surface area contributed by atoms with Gasteiger partial charge in [-0.2, -0.15) is 0 Å². The molecule has 0 bridgehead atoms. The number of alkyl halides is 2. The molecule has 2 N–H and O–H groups in total. The third-order valence-electron chi connectivity index (χ3n) is 4.09. The van der Waals surface area contributed by atoms with Gasteiger partial charge in [0.15, 0.2) is 0 Å². The highest BCUT2D eigenvalue weighted by Gasteiger charge is 2.41. The van der Waals surface area contributed by atoms with Gasteiger partial charge in [-0.1, -0.05) is 6.07 Å². The Bertz CT molecular complexity index is 575. The number of piperidine rings is 1. The fourth-order valence-corrected chi connectivity index (χ4v) is 2.52. The first kappa shape index (κ1) is 17.5. The number of carbonyl (C=O) groups is 1. The molecular formula is C15H18F4N2O2. The van der Waals surface area contributed by atoms with Crippen LogP contribution >= 0.6 is 0 Å². The zero-order valence-electron chi connectivity index (χ0n) is 12.5. The van der Waals surface area contributed by atoms with Crippen molar-refractivity contribution in [2.75, 3.05) is 13.1 Å². The summed E-state index contributed by atoms with van der Waals surface area (Å²) < 4.78 is 51.9. The largest absolute Gasteiger partial charge is 0.384 e. The molecule has 1 aromatic rings. The lowest BCUT2D eigenvalue weighted by atomic mass is 9.92. The van der Waals surface area contributed by atoms with Crippen LogP contribution in [0.3, 0.4) is 0 Å². The van der Waals surface area contributed by atoms with Gasteiger partial charge in [0, 0.05) is 24.7 Å². The average Bonchev–Trinajstić information content (AvgIpc) is 2.47. The Hall–Kier alpha value is -1.83. The van der Waals surface area contributed by atoms with E-state index in [1.54, 1.807) is 0 Å². The van der Waals surface area contributed by atoms with Crippen molar-refractivity contribution in [2.24, 2.45) is 0 Å². The van der Waals surface area contributed by atoms with Gasteiger partial charge >= 0.3 is 6.03 Å². The second kappa shape index (κ2) is 6.74. The molecular weight excluding hydrogens is 316 g/mol.